The lowest BCUT2D eigenvalue weighted by atomic mass is 9.94. The second kappa shape index (κ2) is 6.04. The van der Waals surface area contributed by atoms with Gasteiger partial charge in [0.25, 0.3) is 0 Å². The molecule has 0 fully saturated rings. The zero-order valence-corrected chi connectivity index (χ0v) is 9.37. The molecule has 0 radical (unpaired) electrons. The van der Waals surface area contributed by atoms with Crippen molar-refractivity contribution in [2.75, 3.05) is 0 Å². The molecule has 0 heterocycles. The van der Waals surface area contributed by atoms with Gasteiger partial charge in [-0.15, -0.1) is 23.2 Å². The summed E-state index contributed by atoms with van der Waals surface area (Å²) in [5.41, 5.74) is 0. The standard InChI is InChI=1S/C9H17Cl2F/c1-4-7(8(10)5-2)9(11)6(3)12/h6-9H,4-5H2,1-3H3. The molecule has 0 amide bonds. The smallest absolute Gasteiger partial charge is 0.114 e. The van der Waals surface area contributed by atoms with Gasteiger partial charge >= 0.3 is 0 Å². The average Bonchev–Trinajstić information content (AvgIpc) is 2.05. The Morgan fingerprint density at radius 2 is 1.67 bits per heavy atom. The van der Waals surface area contributed by atoms with Crippen molar-refractivity contribution < 1.29 is 4.39 Å². The molecule has 4 atom stereocenters. The highest BCUT2D eigenvalue weighted by Crippen LogP contribution is 2.28. The van der Waals surface area contributed by atoms with Gasteiger partial charge in [0.2, 0.25) is 0 Å². The van der Waals surface area contributed by atoms with Crippen LogP contribution >= 0.6 is 23.2 Å². The van der Waals surface area contributed by atoms with E-state index in [1.54, 1.807) is 0 Å². The molecule has 0 nitrogen and oxygen atoms in total. The first-order valence-electron chi connectivity index (χ1n) is 4.46. The minimum atomic E-state index is -0.982. The second-order valence-electron chi connectivity index (χ2n) is 3.12. The van der Waals surface area contributed by atoms with Crippen LogP contribution in [0.25, 0.3) is 0 Å². The molecular formula is C9H17Cl2F. The molecule has 4 unspecified atom stereocenters. The van der Waals surface area contributed by atoms with E-state index >= 15 is 0 Å². The zero-order chi connectivity index (χ0) is 9.72. The van der Waals surface area contributed by atoms with Gasteiger partial charge in [0, 0.05) is 5.38 Å². The van der Waals surface area contributed by atoms with Crippen molar-refractivity contribution >= 4 is 23.2 Å². The van der Waals surface area contributed by atoms with E-state index in [0.717, 1.165) is 12.8 Å². The lowest BCUT2D eigenvalue weighted by Gasteiger charge is -2.25. The zero-order valence-electron chi connectivity index (χ0n) is 7.86. The highest BCUT2D eigenvalue weighted by molar-refractivity contribution is 6.24. The topological polar surface area (TPSA) is 0 Å². The molecule has 0 aromatic carbocycles. The van der Waals surface area contributed by atoms with E-state index in [-0.39, 0.29) is 11.3 Å². The van der Waals surface area contributed by atoms with Crippen LogP contribution in [0.2, 0.25) is 0 Å². The van der Waals surface area contributed by atoms with Crippen LogP contribution in [0.1, 0.15) is 33.6 Å². The lowest BCUT2D eigenvalue weighted by molar-refractivity contribution is 0.283. The minimum absolute atomic E-state index is 0.00398. The molecule has 0 aliphatic rings. The predicted molar refractivity (Wildman–Crippen MR) is 53.9 cm³/mol. The Kier molecular flexibility index (Phi) is 6.30. The summed E-state index contributed by atoms with van der Waals surface area (Å²) in [7, 11) is 0. The van der Waals surface area contributed by atoms with E-state index in [4.69, 9.17) is 23.2 Å². The Balaban J connectivity index is 4.13. The molecule has 0 bridgehead atoms. The van der Waals surface area contributed by atoms with Crippen molar-refractivity contribution in [3.8, 4) is 0 Å². The van der Waals surface area contributed by atoms with E-state index in [1.807, 2.05) is 13.8 Å². The molecule has 0 aromatic heterocycles. The second-order valence-corrected chi connectivity index (χ2v) is 4.18. The van der Waals surface area contributed by atoms with Gasteiger partial charge in [-0.05, 0) is 19.3 Å². The number of hydrogen-bond acceptors (Lipinski definition) is 0. The van der Waals surface area contributed by atoms with Crippen molar-refractivity contribution in [1.29, 1.82) is 0 Å². The first-order valence-corrected chi connectivity index (χ1v) is 5.34. The number of alkyl halides is 3. The fourth-order valence-electron chi connectivity index (χ4n) is 1.32. The maximum absolute atomic E-state index is 12.8. The fourth-order valence-corrected chi connectivity index (χ4v) is 2.09. The Morgan fingerprint density at radius 3 is 1.92 bits per heavy atom. The molecular weight excluding hydrogens is 198 g/mol. The van der Waals surface area contributed by atoms with Crippen LogP contribution in [-0.2, 0) is 0 Å². The third-order valence-corrected chi connectivity index (χ3v) is 3.48. The molecule has 74 valence electrons. The van der Waals surface area contributed by atoms with E-state index in [9.17, 15) is 4.39 Å². The van der Waals surface area contributed by atoms with Crippen LogP contribution in [0.3, 0.4) is 0 Å². The predicted octanol–water partition coefficient (Wildman–Crippen LogP) is 4.00. The summed E-state index contributed by atoms with van der Waals surface area (Å²) in [5.74, 6) is 0.0818. The maximum atomic E-state index is 12.8. The molecule has 0 aliphatic carbocycles. The van der Waals surface area contributed by atoms with Gasteiger partial charge in [-0.1, -0.05) is 20.3 Å². The third-order valence-electron chi connectivity index (χ3n) is 2.17. The summed E-state index contributed by atoms with van der Waals surface area (Å²) < 4.78 is 12.8. The molecule has 0 N–H and O–H groups in total. The van der Waals surface area contributed by atoms with Crippen molar-refractivity contribution in [3.05, 3.63) is 0 Å². The van der Waals surface area contributed by atoms with Crippen molar-refractivity contribution in [3.63, 3.8) is 0 Å². The van der Waals surface area contributed by atoms with Crippen LogP contribution in [0.4, 0.5) is 4.39 Å². The average molecular weight is 215 g/mol. The summed E-state index contributed by atoms with van der Waals surface area (Å²) in [4.78, 5) is 0. The van der Waals surface area contributed by atoms with Gasteiger partial charge in [0.05, 0.1) is 5.38 Å². The van der Waals surface area contributed by atoms with Gasteiger partial charge in [-0.3, -0.25) is 0 Å². The van der Waals surface area contributed by atoms with Gasteiger partial charge in [-0.25, -0.2) is 4.39 Å². The highest BCUT2D eigenvalue weighted by atomic mass is 35.5. The third kappa shape index (κ3) is 3.49. The molecule has 0 aliphatic heterocycles. The van der Waals surface area contributed by atoms with Crippen LogP contribution < -0.4 is 0 Å². The van der Waals surface area contributed by atoms with Gasteiger partial charge in [0.1, 0.15) is 6.17 Å². The molecule has 0 rings (SSSR count). The molecule has 0 aromatic rings. The van der Waals surface area contributed by atoms with Gasteiger partial charge in [-0.2, -0.15) is 0 Å². The Labute approximate surface area is 84.4 Å². The first kappa shape index (κ1) is 12.5. The summed E-state index contributed by atoms with van der Waals surface area (Å²) in [6.45, 7) is 5.47. The van der Waals surface area contributed by atoms with Crippen molar-refractivity contribution in [1.82, 2.24) is 0 Å². The summed E-state index contributed by atoms with van der Waals surface area (Å²) in [5, 5.41) is -0.451. The van der Waals surface area contributed by atoms with E-state index < -0.39 is 11.5 Å². The summed E-state index contributed by atoms with van der Waals surface area (Å²) in [6, 6.07) is 0. The first-order chi connectivity index (χ1) is 5.54. The van der Waals surface area contributed by atoms with Crippen molar-refractivity contribution in [2.45, 2.75) is 50.5 Å². The number of hydrogen-bond donors (Lipinski definition) is 0. The van der Waals surface area contributed by atoms with Crippen LogP contribution in [0.15, 0.2) is 0 Å². The van der Waals surface area contributed by atoms with E-state index in [1.165, 1.54) is 6.92 Å². The number of halogens is 3. The molecule has 0 spiro atoms. The van der Waals surface area contributed by atoms with E-state index in [0.29, 0.717) is 0 Å². The Bertz CT molecular complexity index is 117. The Hall–Kier alpha value is 0.510. The van der Waals surface area contributed by atoms with Crippen LogP contribution in [0, 0.1) is 5.92 Å². The van der Waals surface area contributed by atoms with Gasteiger partial charge < -0.3 is 0 Å². The van der Waals surface area contributed by atoms with Crippen molar-refractivity contribution in [2.24, 2.45) is 5.92 Å². The number of rotatable bonds is 5. The monoisotopic (exact) mass is 214 g/mol. The molecule has 3 heteroatoms. The molecule has 12 heavy (non-hydrogen) atoms. The lowest BCUT2D eigenvalue weighted by Crippen LogP contribution is -2.29. The molecule has 0 saturated heterocycles. The fraction of sp³-hybridized carbons (Fsp3) is 1.00. The largest absolute Gasteiger partial charge is 0.246 e. The van der Waals surface area contributed by atoms with Gasteiger partial charge in [0.15, 0.2) is 0 Å². The van der Waals surface area contributed by atoms with Crippen LogP contribution in [-0.4, -0.2) is 16.9 Å². The normalized spacial score (nSPS) is 21.5. The maximum Gasteiger partial charge on any atom is 0.114 e. The van der Waals surface area contributed by atoms with Crippen LogP contribution in [0.5, 0.6) is 0 Å². The molecule has 0 saturated carbocycles. The minimum Gasteiger partial charge on any atom is -0.246 e. The van der Waals surface area contributed by atoms with E-state index in [2.05, 4.69) is 0 Å². The summed E-state index contributed by atoms with van der Waals surface area (Å²) >= 11 is 11.9. The highest BCUT2D eigenvalue weighted by Gasteiger charge is 2.28. The quantitative estimate of drug-likeness (QED) is 0.608. The Morgan fingerprint density at radius 1 is 1.17 bits per heavy atom. The SMILES string of the molecule is CCC(Cl)C(CC)C(Cl)C(C)F. The summed E-state index contributed by atoms with van der Waals surface area (Å²) in [6.07, 6.45) is 0.699.